The first kappa shape index (κ1) is 9.49. The molecule has 3 heterocycles. The van der Waals surface area contributed by atoms with Crippen LogP contribution in [0.3, 0.4) is 0 Å². The van der Waals surface area contributed by atoms with E-state index >= 15 is 0 Å². The fourth-order valence-corrected chi connectivity index (χ4v) is 1.92. The van der Waals surface area contributed by atoms with Crippen LogP contribution in [0.2, 0.25) is 0 Å². The van der Waals surface area contributed by atoms with Crippen molar-refractivity contribution in [2.45, 2.75) is 13.0 Å². The number of aromatic nitrogens is 2. The lowest BCUT2D eigenvalue weighted by Gasteiger charge is -2.11. The van der Waals surface area contributed by atoms with Crippen LogP contribution in [0.5, 0.6) is 0 Å². The van der Waals surface area contributed by atoms with Crippen LogP contribution in [-0.4, -0.2) is 15.9 Å². The van der Waals surface area contributed by atoms with Crippen LogP contribution >= 0.6 is 12.4 Å². The number of rotatable bonds is 0. The van der Waals surface area contributed by atoms with E-state index in [1.165, 1.54) is 11.4 Å². The summed E-state index contributed by atoms with van der Waals surface area (Å²) in [5.74, 6) is 0. The van der Waals surface area contributed by atoms with Crippen LogP contribution < -0.4 is 5.32 Å². The molecule has 0 aliphatic carbocycles. The van der Waals surface area contributed by atoms with Crippen LogP contribution in [-0.2, 0) is 13.0 Å². The second-order valence-electron chi connectivity index (χ2n) is 3.36. The molecule has 74 valence electrons. The first-order valence-electron chi connectivity index (χ1n) is 4.61. The van der Waals surface area contributed by atoms with Crippen molar-refractivity contribution >= 4 is 18.1 Å². The quantitative estimate of drug-likeness (QED) is 0.711. The summed E-state index contributed by atoms with van der Waals surface area (Å²) in [6, 6.07) is 6.14. The number of hydrogen-bond donors (Lipinski definition) is 1. The van der Waals surface area contributed by atoms with Crippen LogP contribution in [0, 0.1) is 0 Å². The summed E-state index contributed by atoms with van der Waals surface area (Å²) in [5, 5.41) is 3.33. The Kier molecular flexibility index (Phi) is 2.44. The largest absolute Gasteiger partial charge is 0.311 e. The minimum Gasteiger partial charge on any atom is -0.311 e. The normalized spacial score (nSPS) is 14.9. The molecule has 0 unspecified atom stereocenters. The third kappa shape index (κ3) is 1.29. The number of imidazole rings is 1. The van der Waals surface area contributed by atoms with Crippen molar-refractivity contribution in [2.75, 3.05) is 6.54 Å². The first-order chi connectivity index (χ1) is 6.45. The van der Waals surface area contributed by atoms with Gasteiger partial charge >= 0.3 is 0 Å². The molecule has 4 heteroatoms. The number of fused-ring (bicyclic) bond motifs is 3. The number of pyridine rings is 1. The Morgan fingerprint density at radius 2 is 2.29 bits per heavy atom. The molecule has 0 spiro atoms. The zero-order valence-corrected chi connectivity index (χ0v) is 8.55. The van der Waals surface area contributed by atoms with Gasteiger partial charge in [-0.1, -0.05) is 6.07 Å². The highest BCUT2D eigenvalue weighted by Gasteiger charge is 2.14. The molecule has 0 saturated carbocycles. The van der Waals surface area contributed by atoms with E-state index in [2.05, 4.69) is 33.0 Å². The van der Waals surface area contributed by atoms with Gasteiger partial charge in [0.25, 0.3) is 0 Å². The molecule has 0 bridgehead atoms. The summed E-state index contributed by atoms with van der Waals surface area (Å²) < 4.78 is 2.19. The van der Waals surface area contributed by atoms with Crippen LogP contribution in [0.4, 0.5) is 0 Å². The van der Waals surface area contributed by atoms with Crippen molar-refractivity contribution in [1.82, 2.24) is 14.7 Å². The van der Waals surface area contributed by atoms with Crippen LogP contribution in [0.25, 0.3) is 5.65 Å². The highest BCUT2D eigenvalue weighted by atomic mass is 35.5. The van der Waals surface area contributed by atoms with Crippen molar-refractivity contribution in [1.29, 1.82) is 0 Å². The van der Waals surface area contributed by atoms with Crippen LogP contribution in [0.15, 0.2) is 24.4 Å². The van der Waals surface area contributed by atoms with Gasteiger partial charge in [-0.05, 0) is 12.1 Å². The maximum Gasteiger partial charge on any atom is 0.137 e. The van der Waals surface area contributed by atoms with Gasteiger partial charge in [0.1, 0.15) is 5.65 Å². The van der Waals surface area contributed by atoms with E-state index < -0.39 is 0 Å². The Hall–Kier alpha value is -1.06. The molecule has 1 aliphatic rings. The lowest BCUT2D eigenvalue weighted by Crippen LogP contribution is -2.24. The molecule has 3 rings (SSSR count). The summed E-state index contributed by atoms with van der Waals surface area (Å²) >= 11 is 0. The standard InChI is InChI=1S/C10H11N3.ClH/c1-2-6-13-9-4-5-11-7-8(9)12-10(13)3-1;/h1-3,6,11H,4-5,7H2;1H. The van der Waals surface area contributed by atoms with E-state index in [9.17, 15) is 0 Å². The second-order valence-corrected chi connectivity index (χ2v) is 3.36. The molecule has 1 aliphatic heterocycles. The topological polar surface area (TPSA) is 29.3 Å². The summed E-state index contributed by atoms with van der Waals surface area (Å²) in [7, 11) is 0. The van der Waals surface area contributed by atoms with Gasteiger partial charge in [-0.2, -0.15) is 0 Å². The average Bonchev–Trinajstić information content (AvgIpc) is 2.56. The minimum atomic E-state index is 0. The van der Waals surface area contributed by atoms with Gasteiger partial charge < -0.3 is 9.72 Å². The monoisotopic (exact) mass is 209 g/mol. The van der Waals surface area contributed by atoms with Crippen LogP contribution in [0.1, 0.15) is 11.4 Å². The molecule has 0 radical (unpaired) electrons. The van der Waals surface area contributed by atoms with Crippen molar-refractivity contribution in [3.05, 3.63) is 35.8 Å². The highest BCUT2D eigenvalue weighted by Crippen LogP contribution is 2.15. The van der Waals surface area contributed by atoms with E-state index in [1.54, 1.807) is 0 Å². The van der Waals surface area contributed by atoms with Crippen molar-refractivity contribution in [2.24, 2.45) is 0 Å². The van der Waals surface area contributed by atoms with E-state index in [4.69, 9.17) is 0 Å². The number of hydrogen-bond acceptors (Lipinski definition) is 2. The Morgan fingerprint density at radius 1 is 1.36 bits per heavy atom. The lowest BCUT2D eigenvalue weighted by atomic mass is 10.2. The van der Waals surface area contributed by atoms with Crippen molar-refractivity contribution in [3.63, 3.8) is 0 Å². The molecular weight excluding hydrogens is 198 g/mol. The number of nitrogens with zero attached hydrogens (tertiary/aromatic N) is 2. The van der Waals surface area contributed by atoms with Crippen molar-refractivity contribution < 1.29 is 0 Å². The summed E-state index contributed by atoms with van der Waals surface area (Å²) in [6.45, 7) is 1.98. The lowest BCUT2D eigenvalue weighted by molar-refractivity contribution is 0.622. The fourth-order valence-electron chi connectivity index (χ4n) is 1.92. The highest BCUT2D eigenvalue weighted by molar-refractivity contribution is 5.85. The van der Waals surface area contributed by atoms with Gasteiger partial charge in [-0.25, -0.2) is 4.98 Å². The summed E-state index contributed by atoms with van der Waals surface area (Å²) in [4.78, 5) is 4.55. The van der Waals surface area contributed by atoms with Gasteiger partial charge in [0.05, 0.1) is 5.69 Å². The maximum atomic E-state index is 4.55. The van der Waals surface area contributed by atoms with Gasteiger partial charge in [0, 0.05) is 31.4 Å². The minimum absolute atomic E-state index is 0. The SMILES string of the molecule is Cl.c1ccn2c3c(nc2c1)CNCC3. The molecule has 3 nitrogen and oxygen atoms in total. The van der Waals surface area contributed by atoms with Crippen molar-refractivity contribution in [3.8, 4) is 0 Å². The molecule has 1 N–H and O–H groups in total. The first-order valence-corrected chi connectivity index (χ1v) is 4.61. The smallest absolute Gasteiger partial charge is 0.137 e. The Labute approximate surface area is 88.6 Å². The molecule has 0 aromatic carbocycles. The Bertz CT molecular complexity index is 450. The molecular formula is C10H12ClN3. The molecule has 0 atom stereocenters. The van der Waals surface area contributed by atoms with Gasteiger partial charge in [0.2, 0.25) is 0 Å². The molecule has 2 aromatic heterocycles. The zero-order chi connectivity index (χ0) is 8.67. The van der Waals surface area contributed by atoms with Gasteiger partial charge in [-0.3, -0.25) is 0 Å². The number of nitrogens with one attached hydrogen (secondary N) is 1. The van der Waals surface area contributed by atoms with Gasteiger partial charge in [-0.15, -0.1) is 12.4 Å². The third-order valence-electron chi connectivity index (χ3n) is 2.54. The van der Waals surface area contributed by atoms with E-state index in [1.807, 2.05) is 6.07 Å². The molecule has 2 aromatic rings. The van der Waals surface area contributed by atoms with E-state index in [0.29, 0.717) is 0 Å². The predicted molar refractivity (Wildman–Crippen MR) is 57.9 cm³/mol. The third-order valence-corrected chi connectivity index (χ3v) is 2.54. The van der Waals surface area contributed by atoms with E-state index in [-0.39, 0.29) is 12.4 Å². The maximum absolute atomic E-state index is 4.55. The summed E-state index contributed by atoms with van der Waals surface area (Å²) in [5.41, 5.74) is 3.64. The molecule has 0 fully saturated rings. The molecule has 14 heavy (non-hydrogen) atoms. The predicted octanol–water partition coefficient (Wildman–Crippen LogP) is 1.40. The molecule has 0 saturated heterocycles. The average molecular weight is 210 g/mol. The van der Waals surface area contributed by atoms with Gasteiger partial charge in [0.15, 0.2) is 0 Å². The fraction of sp³-hybridized carbons (Fsp3) is 0.300. The Morgan fingerprint density at radius 3 is 3.21 bits per heavy atom. The molecule has 0 amide bonds. The zero-order valence-electron chi connectivity index (χ0n) is 7.73. The number of halogens is 1. The summed E-state index contributed by atoms with van der Waals surface area (Å²) in [6.07, 6.45) is 3.17. The van der Waals surface area contributed by atoms with E-state index in [0.717, 1.165) is 25.2 Å². The second kappa shape index (κ2) is 3.59. The Balaban J connectivity index is 0.000000750.